The number of likely N-dealkylation sites (tertiary alicyclic amines) is 1. The third-order valence-electron chi connectivity index (χ3n) is 4.30. The van der Waals surface area contributed by atoms with Crippen LogP contribution in [-0.2, 0) is 12.8 Å². The Morgan fingerprint density at radius 1 is 1.50 bits per heavy atom. The lowest BCUT2D eigenvalue weighted by Crippen LogP contribution is -2.34. The molecule has 3 nitrogen and oxygen atoms in total. The van der Waals surface area contributed by atoms with Crippen LogP contribution in [0.3, 0.4) is 0 Å². The van der Waals surface area contributed by atoms with E-state index in [1.807, 2.05) is 4.90 Å². The number of amides is 1. The zero-order valence-electron chi connectivity index (χ0n) is 12.9. The van der Waals surface area contributed by atoms with Gasteiger partial charge in [-0.1, -0.05) is 27.2 Å². The zero-order chi connectivity index (χ0) is 14.8. The molecule has 4 heteroatoms. The molecule has 1 fully saturated rings. The molecule has 1 saturated heterocycles. The van der Waals surface area contributed by atoms with Gasteiger partial charge in [0, 0.05) is 18.0 Å². The van der Waals surface area contributed by atoms with E-state index in [0.29, 0.717) is 6.54 Å². The van der Waals surface area contributed by atoms with E-state index in [9.17, 15) is 4.79 Å². The fourth-order valence-electron chi connectivity index (χ4n) is 2.83. The molecule has 112 valence electrons. The maximum atomic E-state index is 12.6. The summed E-state index contributed by atoms with van der Waals surface area (Å²) in [6.07, 6.45) is 4.25. The summed E-state index contributed by atoms with van der Waals surface area (Å²) in [7, 11) is 0. The number of carbonyl (C=O) groups excluding carboxylic acids is 1. The number of carbonyl (C=O) groups is 1. The molecule has 0 spiro atoms. The molecule has 1 aromatic heterocycles. The molecule has 20 heavy (non-hydrogen) atoms. The molecule has 1 atom stereocenters. The molecule has 1 unspecified atom stereocenters. The van der Waals surface area contributed by atoms with Crippen molar-refractivity contribution in [3.8, 4) is 0 Å². The summed E-state index contributed by atoms with van der Waals surface area (Å²) in [5.41, 5.74) is 7.28. The molecular formula is C16H26N2OS. The maximum absolute atomic E-state index is 12.6. The topological polar surface area (TPSA) is 46.3 Å². The third kappa shape index (κ3) is 3.07. The van der Waals surface area contributed by atoms with Crippen LogP contribution in [0.1, 0.15) is 53.7 Å². The first-order valence-corrected chi connectivity index (χ1v) is 8.45. The number of hydrogen-bond acceptors (Lipinski definition) is 3. The van der Waals surface area contributed by atoms with Gasteiger partial charge in [0.2, 0.25) is 0 Å². The molecule has 2 heterocycles. The molecule has 1 aliphatic heterocycles. The highest BCUT2D eigenvalue weighted by molar-refractivity contribution is 7.14. The van der Waals surface area contributed by atoms with Crippen molar-refractivity contribution in [3.05, 3.63) is 21.4 Å². The van der Waals surface area contributed by atoms with Crippen molar-refractivity contribution in [1.82, 2.24) is 4.90 Å². The summed E-state index contributed by atoms with van der Waals surface area (Å²) in [5.74, 6) is 0.198. The van der Waals surface area contributed by atoms with Gasteiger partial charge in [-0.25, -0.2) is 0 Å². The van der Waals surface area contributed by atoms with Gasteiger partial charge in [-0.3, -0.25) is 4.79 Å². The first-order chi connectivity index (χ1) is 9.53. The summed E-state index contributed by atoms with van der Waals surface area (Å²) < 4.78 is 0. The Morgan fingerprint density at radius 2 is 2.25 bits per heavy atom. The van der Waals surface area contributed by atoms with Crippen LogP contribution in [0.5, 0.6) is 0 Å². The first kappa shape index (κ1) is 15.5. The number of nitrogens with zero attached hydrogens (tertiary/aromatic N) is 1. The lowest BCUT2D eigenvalue weighted by Gasteiger charge is -2.22. The second-order valence-corrected chi connectivity index (χ2v) is 7.29. The Bertz CT molecular complexity index is 483. The SMILES string of the molecule is CCCc1sc(C(=O)N2CCC(C)(CN)C2)cc1CC. The Hall–Kier alpha value is -0.870. The van der Waals surface area contributed by atoms with Crippen LogP contribution in [-0.4, -0.2) is 30.4 Å². The van der Waals surface area contributed by atoms with Crippen molar-refractivity contribution in [2.24, 2.45) is 11.1 Å². The second-order valence-electron chi connectivity index (χ2n) is 6.15. The predicted molar refractivity (Wildman–Crippen MR) is 85.4 cm³/mol. The van der Waals surface area contributed by atoms with Gasteiger partial charge < -0.3 is 10.6 Å². The molecule has 0 radical (unpaired) electrons. The van der Waals surface area contributed by atoms with Crippen LogP contribution in [0.2, 0.25) is 0 Å². The van der Waals surface area contributed by atoms with E-state index >= 15 is 0 Å². The lowest BCUT2D eigenvalue weighted by atomic mass is 9.90. The van der Waals surface area contributed by atoms with Crippen LogP contribution in [0, 0.1) is 5.41 Å². The first-order valence-electron chi connectivity index (χ1n) is 7.64. The Balaban J connectivity index is 2.14. The van der Waals surface area contributed by atoms with Gasteiger partial charge in [0.15, 0.2) is 0 Å². The van der Waals surface area contributed by atoms with Crippen LogP contribution in [0.25, 0.3) is 0 Å². The minimum Gasteiger partial charge on any atom is -0.337 e. The second kappa shape index (κ2) is 6.27. The average molecular weight is 294 g/mol. The van der Waals surface area contributed by atoms with Crippen LogP contribution >= 0.6 is 11.3 Å². The predicted octanol–water partition coefficient (Wildman–Crippen LogP) is 3.07. The normalized spacial score (nSPS) is 22.5. The highest BCUT2D eigenvalue weighted by Gasteiger charge is 2.35. The van der Waals surface area contributed by atoms with Crippen molar-refractivity contribution in [2.45, 2.75) is 46.5 Å². The molecule has 0 aromatic carbocycles. The molecule has 2 rings (SSSR count). The number of rotatable bonds is 5. The number of nitrogens with two attached hydrogens (primary N) is 1. The summed E-state index contributed by atoms with van der Waals surface area (Å²) >= 11 is 1.69. The van der Waals surface area contributed by atoms with E-state index in [2.05, 4.69) is 26.8 Å². The molecule has 1 aliphatic rings. The van der Waals surface area contributed by atoms with Crippen LogP contribution in [0.15, 0.2) is 6.07 Å². The summed E-state index contributed by atoms with van der Waals surface area (Å²) in [6, 6.07) is 2.11. The Labute approximate surface area is 126 Å². The van der Waals surface area contributed by atoms with Gasteiger partial charge in [0.25, 0.3) is 5.91 Å². The van der Waals surface area contributed by atoms with Crippen molar-refractivity contribution in [2.75, 3.05) is 19.6 Å². The lowest BCUT2D eigenvalue weighted by molar-refractivity contribution is 0.0781. The van der Waals surface area contributed by atoms with Crippen molar-refractivity contribution in [3.63, 3.8) is 0 Å². The van der Waals surface area contributed by atoms with E-state index in [1.165, 1.54) is 10.4 Å². The minimum absolute atomic E-state index is 0.104. The molecule has 1 amide bonds. The van der Waals surface area contributed by atoms with Gasteiger partial charge in [0.1, 0.15) is 0 Å². The number of aryl methyl sites for hydroxylation is 2. The highest BCUT2D eigenvalue weighted by Crippen LogP contribution is 2.32. The summed E-state index contributed by atoms with van der Waals surface area (Å²) in [6.45, 7) is 8.82. The van der Waals surface area contributed by atoms with E-state index in [1.54, 1.807) is 11.3 Å². The van der Waals surface area contributed by atoms with Gasteiger partial charge in [-0.05, 0) is 42.9 Å². The smallest absolute Gasteiger partial charge is 0.263 e. The van der Waals surface area contributed by atoms with Crippen LogP contribution in [0.4, 0.5) is 0 Å². The largest absolute Gasteiger partial charge is 0.337 e. The average Bonchev–Trinajstić information content (AvgIpc) is 3.03. The minimum atomic E-state index is 0.104. The maximum Gasteiger partial charge on any atom is 0.263 e. The van der Waals surface area contributed by atoms with Gasteiger partial charge in [-0.2, -0.15) is 0 Å². The number of thiophene rings is 1. The molecule has 1 aromatic rings. The van der Waals surface area contributed by atoms with Crippen molar-refractivity contribution < 1.29 is 4.79 Å². The van der Waals surface area contributed by atoms with Gasteiger partial charge >= 0.3 is 0 Å². The number of hydrogen-bond donors (Lipinski definition) is 1. The van der Waals surface area contributed by atoms with Gasteiger partial charge in [-0.15, -0.1) is 11.3 Å². The Morgan fingerprint density at radius 3 is 2.80 bits per heavy atom. The molecule has 0 aliphatic carbocycles. The fraction of sp³-hybridized carbons (Fsp3) is 0.688. The fourth-order valence-corrected chi connectivity index (χ4v) is 4.15. The van der Waals surface area contributed by atoms with E-state index in [0.717, 1.165) is 43.6 Å². The molecular weight excluding hydrogens is 268 g/mol. The Kier molecular flexibility index (Phi) is 4.86. The van der Waals surface area contributed by atoms with Gasteiger partial charge in [0.05, 0.1) is 4.88 Å². The molecule has 2 N–H and O–H groups in total. The highest BCUT2D eigenvalue weighted by atomic mass is 32.1. The van der Waals surface area contributed by atoms with E-state index in [-0.39, 0.29) is 11.3 Å². The van der Waals surface area contributed by atoms with E-state index in [4.69, 9.17) is 5.73 Å². The summed E-state index contributed by atoms with van der Waals surface area (Å²) in [5, 5.41) is 0. The standard InChI is InChI=1S/C16H26N2OS/c1-4-6-13-12(5-2)9-14(20-13)15(19)18-8-7-16(3,10-17)11-18/h9H,4-8,10-11,17H2,1-3H3. The zero-order valence-corrected chi connectivity index (χ0v) is 13.7. The summed E-state index contributed by atoms with van der Waals surface area (Å²) in [4.78, 5) is 16.9. The molecule has 0 bridgehead atoms. The quantitative estimate of drug-likeness (QED) is 0.907. The molecule has 0 saturated carbocycles. The van der Waals surface area contributed by atoms with Crippen LogP contribution < -0.4 is 5.73 Å². The monoisotopic (exact) mass is 294 g/mol. The van der Waals surface area contributed by atoms with E-state index < -0.39 is 0 Å². The van der Waals surface area contributed by atoms with Crippen molar-refractivity contribution >= 4 is 17.2 Å². The third-order valence-corrected chi connectivity index (χ3v) is 5.53. The van der Waals surface area contributed by atoms with Crippen molar-refractivity contribution in [1.29, 1.82) is 0 Å².